The fourth-order valence-corrected chi connectivity index (χ4v) is 1.56. The van der Waals surface area contributed by atoms with Crippen LogP contribution in [0.2, 0.25) is 0 Å². The molecule has 88 valence electrons. The summed E-state index contributed by atoms with van der Waals surface area (Å²) in [5.41, 5.74) is 0.469. The third-order valence-electron chi connectivity index (χ3n) is 2.31. The van der Waals surface area contributed by atoms with Crippen LogP contribution in [0.25, 0.3) is 11.1 Å². The number of rotatable bonds is 3. The summed E-state index contributed by atoms with van der Waals surface area (Å²) in [5, 5.41) is 24.8. The van der Waals surface area contributed by atoms with E-state index in [0.717, 1.165) is 0 Å². The molecule has 0 atom stereocenters. The molecule has 0 aliphatic rings. The van der Waals surface area contributed by atoms with E-state index in [9.17, 15) is 9.90 Å². The number of aromatic amines is 1. The summed E-state index contributed by atoms with van der Waals surface area (Å²) in [6.07, 6.45) is 0. The number of benzene rings is 1. The van der Waals surface area contributed by atoms with Crippen LogP contribution in [0.3, 0.4) is 0 Å². The molecule has 0 saturated carbocycles. The largest absolute Gasteiger partial charge is 0.507 e. The Bertz CT molecular complexity index is 562. The summed E-state index contributed by atoms with van der Waals surface area (Å²) in [6.45, 7) is 0. The van der Waals surface area contributed by atoms with Gasteiger partial charge in [-0.3, -0.25) is 5.10 Å². The van der Waals surface area contributed by atoms with Gasteiger partial charge in [-0.1, -0.05) is 18.2 Å². The van der Waals surface area contributed by atoms with E-state index >= 15 is 0 Å². The number of aromatic carboxylic acids is 1. The predicted molar refractivity (Wildman–Crippen MR) is 59.2 cm³/mol. The van der Waals surface area contributed by atoms with Gasteiger partial charge in [0.1, 0.15) is 5.75 Å². The van der Waals surface area contributed by atoms with Crippen LogP contribution in [0.15, 0.2) is 24.3 Å². The van der Waals surface area contributed by atoms with Gasteiger partial charge in [0.2, 0.25) is 5.88 Å². The predicted octanol–water partition coefficient (Wildman–Crippen LogP) is 1.49. The molecule has 1 aromatic heterocycles. The van der Waals surface area contributed by atoms with E-state index in [4.69, 9.17) is 9.84 Å². The lowest BCUT2D eigenvalue weighted by atomic mass is 10.0. The number of phenolic OH excluding ortho intramolecular Hbond substituents is 1. The zero-order chi connectivity index (χ0) is 12.4. The first kappa shape index (κ1) is 11.0. The number of carboxylic acid groups (broad SMARTS) is 1. The molecule has 6 nitrogen and oxygen atoms in total. The van der Waals surface area contributed by atoms with Crippen molar-refractivity contribution in [2.24, 2.45) is 0 Å². The van der Waals surface area contributed by atoms with E-state index in [0.29, 0.717) is 5.56 Å². The highest BCUT2D eigenvalue weighted by molar-refractivity contribution is 5.96. The smallest absolute Gasteiger partial charge is 0.354 e. The number of ether oxygens (including phenoxy) is 1. The maximum atomic E-state index is 11.0. The zero-order valence-electron chi connectivity index (χ0n) is 8.97. The molecule has 1 aromatic carbocycles. The Labute approximate surface area is 96.5 Å². The summed E-state index contributed by atoms with van der Waals surface area (Å²) in [5.74, 6) is -1.07. The SMILES string of the molecule is COc1n[nH]c(C(=O)O)c1-c1ccccc1O. The van der Waals surface area contributed by atoms with Crippen molar-refractivity contribution in [3.63, 3.8) is 0 Å². The second-order valence-electron chi connectivity index (χ2n) is 3.31. The number of hydrogen-bond donors (Lipinski definition) is 3. The summed E-state index contributed by atoms with van der Waals surface area (Å²) >= 11 is 0. The lowest BCUT2D eigenvalue weighted by Gasteiger charge is -2.05. The van der Waals surface area contributed by atoms with Gasteiger partial charge in [0.05, 0.1) is 12.7 Å². The van der Waals surface area contributed by atoms with Gasteiger partial charge in [0.15, 0.2) is 5.69 Å². The van der Waals surface area contributed by atoms with Gasteiger partial charge >= 0.3 is 5.97 Å². The average molecular weight is 234 g/mol. The number of aromatic nitrogens is 2. The third kappa shape index (κ3) is 1.80. The Balaban J connectivity index is 2.69. The van der Waals surface area contributed by atoms with Gasteiger partial charge in [0, 0.05) is 5.56 Å². The van der Waals surface area contributed by atoms with Crippen LogP contribution >= 0.6 is 0 Å². The van der Waals surface area contributed by atoms with Gasteiger partial charge in [-0.15, -0.1) is 5.10 Å². The van der Waals surface area contributed by atoms with Crippen molar-refractivity contribution in [1.82, 2.24) is 10.2 Å². The first-order valence-corrected chi connectivity index (χ1v) is 4.79. The topological polar surface area (TPSA) is 95.4 Å². The number of para-hydroxylation sites is 1. The highest BCUT2D eigenvalue weighted by Gasteiger charge is 2.22. The number of hydrogen-bond acceptors (Lipinski definition) is 4. The van der Waals surface area contributed by atoms with Crippen molar-refractivity contribution in [3.05, 3.63) is 30.0 Å². The Morgan fingerprint density at radius 2 is 2.12 bits per heavy atom. The number of H-pyrrole nitrogens is 1. The van der Waals surface area contributed by atoms with Gasteiger partial charge in [-0.05, 0) is 6.07 Å². The Morgan fingerprint density at radius 3 is 2.71 bits per heavy atom. The maximum absolute atomic E-state index is 11.0. The summed E-state index contributed by atoms with van der Waals surface area (Å²) in [4.78, 5) is 11.0. The van der Waals surface area contributed by atoms with Crippen LogP contribution in [0, 0.1) is 0 Å². The number of nitrogens with zero attached hydrogens (tertiary/aromatic N) is 1. The molecule has 0 radical (unpaired) electrons. The Kier molecular flexibility index (Phi) is 2.70. The van der Waals surface area contributed by atoms with Crippen molar-refractivity contribution in [3.8, 4) is 22.8 Å². The van der Waals surface area contributed by atoms with E-state index in [1.54, 1.807) is 18.2 Å². The zero-order valence-corrected chi connectivity index (χ0v) is 8.97. The van der Waals surface area contributed by atoms with E-state index in [1.807, 2.05) is 0 Å². The molecule has 0 spiro atoms. The first-order chi connectivity index (χ1) is 8.15. The minimum atomic E-state index is -1.17. The standard InChI is InChI=1S/C11H10N2O4/c1-17-10-8(9(11(15)16)12-13-10)6-4-2-3-5-7(6)14/h2-5,14H,1H3,(H,12,13)(H,15,16). The molecule has 6 heteroatoms. The fourth-order valence-electron chi connectivity index (χ4n) is 1.56. The lowest BCUT2D eigenvalue weighted by Crippen LogP contribution is -1.99. The minimum Gasteiger partial charge on any atom is -0.507 e. The highest BCUT2D eigenvalue weighted by atomic mass is 16.5. The second kappa shape index (κ2) is 4.17. The van der Waals surface area contributed by atoms with Crippen LogP contribution in [0.1, 0.15) is 10.5 Å². The number of aromatic hydroxyl groups is 1. The Morgan fingerprint density at radius 1 is 1.41 bits per heavy atom. The van der Waals surface area contributed by atoms with Crippen LogP contribution in [0.4, 0.5) is 0 Å². The monoisotopic (exact) mass is 234 g/mol. The molecule has 17 heavy (non-hydrogen) atoms. The quantitative estimate of drug-likeness (QED) is 0.747. The van der Waals surface area contributed by atoms with Crippen molar-refractivity contribution < 1.29 is 19.7 Å². The van der Waals surface area contributed by atoms with Crippen molar-refractivity contribution in [2.45, 2.75) is 0 Å². The van der Waals surface area contributed by atoms with E-state index in [2.05, 4.69) is 10.2 Å². The van der Waals surface area contributed by atoms with Gasteiger partial charge in [0.25, 0.3) is 0 Å². The summed E-state index contributed by atoms with van der Waals surface area (Å²) in [6, 6.07) is 6.39. The molecule has 0 bridgehead atoms. The van der Waals surface area contributed by atoms with Gasteiger partial charge < -0.3 is 14.9 Å². The van der Waals surface area contributed by atoms with Gasteiger partial charge in [-0.25, -0.2) is 4.79 Å². The number of carboxylic acids is 1. The number of carbonyl (C=O) groups is 1. The molecule has 0 fully saturated rings. The van der Waals surface area contributed by atoms with E-state index in [-0.39, 0.29) is 22.9 Å². The van der Waals surface area contributed by atoms with Crippen LogP contribution in [-0.4, -0.2) is 33.5 Å². The lowest BCUT2D eigenvalue weighted by molar-refractivity contribution is 0.0691. The fraction of sp³-hybridized carbons (Fsp3) is 0.0909. The van der Waals surface area contributed by atoms with Crippen LogP contribution in [0.5, 0.6) is 11.6 Å². The molecule has 0 aliphatic heterocycles. The first-order valence-electron chi connectivity index (χ1n) is 4.79. The van der Waals surface area contributed by atoms with Gasteiger partial charge in [-0.2, -0.15) is 0 Å². The molecule has 0 unspecified atom stereocenters. The molecule has 0 saturated heterocycles. The second-order valence-corrected chi connectivity index (χ2v) is 3.31. The Hall–Kier alpha value is -2.50. The third-order valence-corrected chi connectivity index (χ3v) is 2.31. The summed E-state index contributed by atoms with van der Waals surface area (Å²) in [7, 11) is 1.38. The summed E-state index contributed by atoms with van der Waals surface area (Å²) < 4.78 is 4.97. The van der Waals surface area contributed by atoms with Crippen LogP contribution < -0.4 is 4.74 Å². The van der Waals surface area contributed by atoms with Crippen molar-refractivity contribution in [1.29, 1.82) is 0 Å². The molecule has 2 rings (SSSR count). The minimum absolute atomic E-state index is 0.0327. The van der Waals surface area contributed by atoms with Crippen molar-refractivity contribution >= 4 is 5.97 Å². The normalized spacial score (nSPS) is 10.2. The molecule has 2 aromatic rings. The van der Waals surface area contributed by atoms with E-state index < -0.39 is 5.97 Å². The molecular formula is C11H10N2O4. The number of phenols is 1. The van der Waals surface area contributed by atoms with Crippen LogP contribution in [-0.2, 0) is 0 Å². The molecule has 3 N–H and O–H groups in total. The highest BCUT2D eigenvalue weighted by Crippen LogP contribution is 2.36. The molecule has 0 amide bonds. The number of methoxy groups -OCH3 is 1. The average Bonchev–Trinajstić information content (AvgIpc) is 2.73. The molecular weight excluding hydrogens is 224 g/mol. The maximum Gasteiger partial charge on any atom is 0.354 e. The van der Waals surface area contributed by atoms with Crippen molar-refractivity contribution in [2.75, 3.05) is 7.11 Å². The molecule has 1 heterocycles. The number of nitrogens with one attached hydrogen (secondary N) is 1. The van der Waals surface area contributed by atoms with E-state index in [1.165, 1.54) is 13.2 Å². The molecule has 0 aliphatic carbocycles.